The molecule has 0 spiro atoms. The Kier molecular flexibility index (Phi) is 6.19. The number of sulfonamides is 1. The quantitative estimate of drug-likeness (QED) is 0.748. The number of ether oxygens (including phenoxy) is 2. The fourth-order valence-corrected chi connectivity index (χ4v) is 3.11. The standard InChI is InChI=1S/C14H21NO6S/c1-9(2)5-13(14(16)17)15-22(18,19)12-7-10(20-3)6-11(8-12)21-4/h6-9,13,15H,5H2,1-4H3,(H,16,17)/t13-/m1/s1. The second kappa shape index (κ2) is 7.46. The van der Waals surface area contributed by atoms with Crippen LogP contribution in [-0.2, 0) is 14.8 Å². The van der Waals surface area contributed by atoms with Crippen LogP contribution in [0.4, 0.5) is 0 Å². The lowest BCUT2D eigenvalue weighted by Gasteiger charge is -2.17. The first-order chi connectivity index (χ1) is 10.2. The van der Waals surface area contributed by atoms with E-state index < -0.39 is 22.0 Å². The van der Waals surface area contributed by atoms with Crippen molar-refractivity contribution in [2.24, 2.45) is 5.92 Å². The van der Waals surface area contributed by atoms with Gasteiger partial charge >= 0.3 is 5.97 Å². The van der Waals surface area contributed by atoms with Crippen molar-refractivity contribution in [3.05, 3.63) is 18.2 Å². The molecule has 0 saturated heterocycles. The summed E-state index contributed by atoms with van der Waals surface area (Å²) < 4.78 is 37.0. The number of hydrogen-bond acceptors (Lipinski definition) is 5. The average Bonchev–Trinajstić information content (AvgIpc) is 2.45. The molecule has 1 rings (SSSR count). The summed E-state index contributed by atoms with van der Waals surface area (Å²) in [5, 5.41) is 9.16. The Morgan fingerprint density at radius 2 is 1.68 bits per heavy atom. The van der Waals surface area contributed by atoms with Crippen molar-refractivity contribution in [3.8, 4) is 11.5 Å². The SMILES string of the molecule is COc1cc(OC)cc(S(=O)(=O)N[C@H](CC(C)C)C(=O)O)c1. The molecule has 0 saturated carbocycles. The second-order valence-corrected chi connectivity index (χ2v) is 6.90. The number of aliphatic carboxylic acids is 1. The molecule has 0 aromatic heterocycles. The highest BCUT2D eigenvalue weighted by Gasteiger charge is 2.26. The van der Waals surface area contributed by atoms with Crippen LogP contribution in [0.5, 0.6) is 11.5 Å². The van der Waals surface area contributed by atoms with Gasteiger partial charge in [0.05, 0.1) is 19.1 Å². The largest absolute Gasteiger partial charge is 0.497 e. The minimum atomic E-state index is -4.01. The monoisotopic (exact) mass is 331 g/mol. The Balaban J connectivity index is 3.14. The summed E-state index contributed by atoms with van der Waals surface area (Å²) >= 11 is 0. The molecule has 7 nitrogen and oxygen atoms in total. The van der Waals surface area contributed by atoms with Gasteiger partial charge < -0.3 is 14.6 Å². The first kappa shape index (κ1) is 18.2. The van der Waals surface area contributed by atoms with Crippen molar-refractivity contribution in [2.75, 3.05) is 14.2 Å². The molecule has 0 heterocycles. The van der Waals surface area contributed by atoms with Crippen molar-refractivity contribution < 1.29 is 27.8 Å². The fraction of sp³-hybridized carbons (Fsp3) is 0.500. The Bertz CT molecular complexity index is 604. The lowest BCUT2D eigenvalue weighted by atomic mass is 10.1. The predicted octanol–water partition coefficient (Wildman–Crippen LogP) is 1.48. The van der Waals surface area contributed by atoms with E-state index >= 15 is 0 Å². The Labute approximate surface area is 130 Å². The highest BCUT2D eigenvalue weighted by atomic mass is 32.2. The molecule has 0 amide bonds. The number of methoxy groups -OCH3 is 2. The molecule has 0 aliphatic heterocycles. The van der Waals surface area contributed by atoms with Crippen LogP contribution in [-0.4, -0.2) is 39.8 Å². The van der Waals surface area contributed by atoms with Gasteiger partial charge in [0.2, 0.25) is 10.0 Å². The summed E-state index contributed by atoms with van der Waals surface area (Å²) in [6.45, 7) is 3.64. The van der Waals surface area contributed by atoms with Crippen molar-refractivity contribution >= 4 is 16.0 Å². The first-order valence-corrected chi connectivity index (χ1v) is 8.16. The Hall–Kier alpha value is -1.80. The van der Waals surface area contributed by atoms with Gasteiger partial charge in [-0.25, -0.2) is 8.42 Å². The van der Waals surface area contributed by atoms with Crippen molar-refractivity contribution in [1.82, 2.24) is 4.72 Å². The normalized spacial score (nSPS) is 13.0. The van der Waals surface area contributed by atoms with Crippen LogP contribution in [0.15, 0.2) is 23.1 Å². The number of hydrogen-bond donors (Lipinski definition) is 2. The molecule has 1 atom stereocenters. The van der Waals surface area contributed by atoms with Gasteiger partial charge in [-0.1, -0.05) is 13.8 Å². The van der Waals surface area contributed by atoms with Crippen molar-refractivity contribution in [3.63, 3.8) is 0 Å². The first-order valence-electron chi connectivity index (χ1n) is 6.67. The van der Waals surface area contributed by atoms with E-state index in [1.54, 1.807) is 0 Å². The number of benzene rings is 1. The Morgan fingerprint density at radius 3 is 2.05 bits per heavy atom. The number of nitrogens with one attached hydrogen (secondary N) is 1. The molecule has 1 aromatic carbocycles. The zero-order chi connectivity index (χ0) is 16.9. The molecule has 0 radical (unpaired) electrons. The number of carbonyl (C=O) groups is 1. The molecule has 0 aliphatic rings. The van der Waals surface area contributed by atoms with E-state index in [0.717, 1.165) is 0 Å². The smallest absolute Gasteiger partial charge is 0.321 e. The summed E-state index contributed by atoms with van der Waals surface area (Å²) in [4.78, 5) is 11.1. The summed E-state index contributed by atoms with van der Waals surface area (Å²) in [5.74, 6) is -0.582. The van der Waals surface area contributed by atoms with E-state index in [1.165, 1.54) is 32.4 Å². The van der Waals surface area contributed by atoms with Gasteiger partial charge in [-0.3, -0.25) is 4.79 Å². The molecule has 0 unspecified atom stereocenters. The minimum absolute atomic E-state index is 0.0312. The van der Waals surface area contributed by atoms with E-state index in [0.29, 0.717) is 11.5 Å². The number of rotatable bonds is 8. The lowest BCUT2D eigenvalue weighted by Crippen LogP contribution is -2.41. The number of carboxylic acid groups (broad SMARTS) is 1. The molecular formula is C14H21NO6S. The van der Waals surface area contributed by atoms with Gasteiger partial charge in [-0.15, -0.1) is 0 Å². The van der Waals surface area contributed by atoms with Crippen LogP contribution in [0.2, 0.25) is 0 Å². The topological polar surface area (TPSA) is 102 Å². The highest BCUT2D eigenvalue weighted by Crippen LogP contribution is 2.25. The maximum Gasteiger partial charge on any atom is 0.321 e. The van der Waals surface area contributed by atoms with Crippen molar-refractivity contribution in [1.29, 1.82) is 0 Å². The van der Waals surface area contributed by atoms with Gasteiger partial charge in [-0.05, 0) is 12.3 Å². The van der Waals surface area contributed by atoms with E-state index in [2.05, 4.69) is 4.72 Å². The van der Waals surface area contributed by atoms with Gasteiger partial charge in [-0.2, -0.15) is 4.72 Å². The van der Waals surface area contributed by atoms with Gasteiger partial charge in [0.15, 0.2) is 0 Å². The molecule has 0 aliphatic carbocycles. The minimum Gasteiger partial charge on any atom is -0.497 e. The molecule has 0 fully saturated rings. The number of carboxylic acids is 1. The molecule has 0 bridgehead atoms. The van der Waals surface area contributed by atoms with Gasteiger partial charge in [0.1, 0.15) is 17.5 Å². The molecule has 2 N–H and O–H groups in total. The lowest BCUT2D eigenvalue weighted by molar-refractivity contribution is -0.139. The zero-order valence-electron chi connectivity index (χ0n) is 13.0. The second-order valence-electron chi connectivity index (χ2n) is 5.19. The summed E-state index contributed by atoms with van der Waals surface area (Å²) in [7, 11) is -1.21. The van der Waals surface area contributed by atoms with Gasteiger partial charge in [0, 0.05) is 18.2 Å². The fourth-order valence-electron chi connectivity index (χ4n) is 1.86. The van der Waals surface area contributed by atoms with Crippen LogP contribution in [0.1, 0.15) is 20.3 Å². The van der Waals surface area contributed by atoms with E-state index in [9.17, 15) is 13.2 Å². The molecule has 22 heavy (non-hydrogen) atoms. The molecular weight excluding hydrogens is 310 g/mol. The predicted molar refractivity (Wildman–Crippen MR) is 80.7 cm³/mol. The zero-order valence-corrected chi connectivity index (χ0v) is 13.8. The van der Waals surface area contributed by atoms with Crippen LogP contribution in [0.25, 0.3) is 0 Å². The highest BCUT2D eigenvalue weighted by molar-refractivity contribution is 7.89. The van der Waals surface area contributed by atoms with Gasteiger partial charge in [0.25, 0.3) is 0 Å². The van der Waals surface area contributed by atoms with E-state index in [1.807, 2.05) is 13.8 Å². The van der Waals surface area contributed by atoms with E-state index in [4.69, 9.17) is 14.6 Å². The average molecular weight is 331 g/mol. The third kappa shape index (κ3) is 4.88. The summed E-state index contributed by atoms with van der Waals surface area (Å²) in [5.41, 5.74) is 0. The van der Waals surface area contributed by atoms with Crippen LogP contribution < -0.4 is 14.2 Å². The third-order valence-electron chi connectivity index (χ3n) is 2.94. The van der Waals surface area contributed by atoms with E-state index in [-0.39, 0.29) is 17.2 Å². The molecule has 8 heteroatoms. The maximum atomic E-state index is 12.4. The maximum absolute atomic E-state index is 12.4. The summed E-state index contributed by atoms with van der Waals surface area (Å²) in [6.07, 6.45) is 0.190. The Morgan fingerprint density at radius 1 is 1.18 bits per heavy atom. The van der Waals surface area contributed by atoms with Crippen LogP contribution in [0, 0.1) is 5.92 Å². The summed E-state index contributed by atoms with van der Waals surface area (Å²) in [6, 6.07) is 2.95. The van der Waals surface area contributed by atoms with Crippen LogP contribution in [0.3, 0.4) is 0 Å². The molecule has 1 aromatic rings. The van der Waals surface area contributed by atoms with Crippen LogP contribution >= 0.6 is 0 Å². The third-order valence-corrected chi connectivity index (χ3v) is 4.39. The van der Waals surface area contributed by atoms with Crippen molar-refractivity contribution in [2.45, 2.75) is 31.2 Å². The molecule has 124 valence electrons.